The van der Waals surface area contributed by atoms with Crippen molar-refractivity contribution < 1.29 is 10.2 Å². The second kappa shape index (κ2) is 3.57. The Morgan fingerprint density at radius 3 is 2.50 bits per heavy atom. The van der Waals surface area contributed by atoms with Crippen LogP contribution in [0.4, 0.5) is 0 Å². The Balaban J connectivity index is 2.47. The first-order valence-corrected chi connectivity index (χ1v) is 4.10. The average Bonchev–Trinajstić information content (AvgIpc) is 2.67. The van der Waals surface area contributed by atoms with Crippen LogP contribution in [0, 0.1) is 0 Å². The fraction of sp³-hybridized carbons (Fsp3) is 0.111. The molecule has 72 valence electrons. The minimum atomic E-state index is -1.61. The van der Waals surface area contributed by atoms with E-state index >= 15 is 0 Å². The van der Waals surface area contributed by atoms with Gasteiger partial charge in [0.2, 0.25) is 6.29 Å². The third kappa shape index (κ3) is 1.50. The zero-order chi connectivity index (χ0) is 9.97. The van der Waals surface area contributed by atoms with Gasteiger partial charge in [0.1, 0.15) is 6.33 Å². The number of benzene rings is 1. The van der Waals surface area contributed by atoms with Crippen LogP contribution in [0.3, 0.4) is 0 Å². The molecule has 1 heterocycles. The summed E-state index contributed by atoms with van der Waals surface area (Å²) in [4.78, 5) is 0. The van der Waals surface area contributed by atoms with Gasteiger partial charge >= 0.3 is 0 Å². The Bertz CT molecular complexity index is 411. The summed E-state index contributed by atoms with van der Waals surface area (Å²) < 4.78 is 1.52. The third-order valence-corrected chi connectivity index (χ3v) is 1.84. The van der Waals surface area contributed by atoms with Crippen LogP contribution in [-0.2, 0) is 0 Å². The van der Waals surface area contributed by atoms with E-state index in [0.29, 0.717) is 0 Å². The molecule has 2 aromatic rings. The normalized spacial score (nSPS) is 10.8. The molecule has 0 unspecified atom stereocenters. The van der Waals surface area contributed by atoms with E-state index in [0.717, 1.165) is 5.69 Å². The average molecular weight is 191 g/mol. The van der Waals surface area contributed by atoms with Crippen molar-refractivity contribution in [3.05, 3.63) is 42.5 Å². The van der Waals surface area contributed by atoms with Crippen molar-refractivity contribution in [2.24, 2.45) is 0 Å². The molecule has 0 amide bonds. The van der Waals surface area contributed by atoms with Gasteiger partial charge in [-0.3, -0.25) is 4.57 Å². The van der Waals surface area contributed by atoms with E-state index in [1.165, 1.54) is 10.9 Å². The fourth-order valence-corrected chi connectivity index (χ4v) is 1.21. The fourth-order valence-electron chi connectivity index (χ4n) is 1.21. The van der Waals surface area contributed by atoms with Crippen molar-refractivity contribution in [2.75, 3.05) is 0 Å². The van der Waals surface area contributed by atoms with Gasteiger partial charge in [-0.05, 0) is 12.1 Å². The molecule has 5 nitrogen and oxygen atoms in total. The Labute approximate surface area is 80.3 Å². The van der Waals surface area contributed by atoms with Gasteiger partial charge in [0, 0.05) is 5.69 Å². The number of aromatic nitrogens is 3. The number of para-hydroxylation sites is 1. The molecule has 1 aromatic heterocycles. The summed E-state index contributed by atoms with van der Waals surface area (Å²) in [5.74, 6) is 0.108. The van der Waals surface area contributed by atoms with Crippen LogP contribution in [0.15, 0.2) is 36.7 Å². The first-order valence-electron chi connectivity index (χ1n) is 4.10. The molecule has 0 aliphatic heterocycles. The standard InChI is InChI=1S/C9H9N3O2/c13-9(14)8-11-10-6-12(8)7-4-2-1-3-5-7/h1-6,9,13-14H. The highest BCUT2D eigenvalue weighted by atomic mass is 16.5. The van der Waals surface area contributed by atoms with Crippen LogP contribution >= 0.6 is 0 Å². The van der Waals surface area contributed by atoms with Gasteiger partial charge in [-0.15, -0.1) is 10.2 Å². The molecule has 0 atom stereocenters. The number of aliphatic hydroxyl groups excluding tert-OH is 1. The Morgan fingerprint density at radius 2 is 1.86 bits per heavy atom. The van der Waals surface area contributed by atoms with E-state index in [9.17, 15) is 0 Å². The molecule has 0 aliphatic carbocycles. The van der Waals surface area contributed by atoms with Crippen molar-refractivity contribution in [2.45, 2.75) is 6.29 Å². The molecule has 14 heavy (non-hydrogen) atoms. The van der Waals surface area contributed by atoms with Crippen molar-refractivity contribution in [3.63, 3.8) is 0 Å². The molecule has 0 spiro atoms. The van der Waals surface area contributed by atoms with Crippen LogP contribution in [0.1, 0.15) is 12.1 Å². The molecule has 1 aromatic carbocycles. The molecule has 2 N–H and O–H groups in total. The third-order valence-electron chi connectivity index (χ3n) is 1.84. The first-order chi connectivity index (χ1) is 6.79. The van der Waals surface area contributed by atoms with E-state index in [4.69, 9.17) is 10.2 Å². The van der Waals surface area contributed by atoms with Crippen LogP contribution in [0.5, 0.6) is 0 Å². The zero-order valence-electron chi connectivity index (χ0n) is 7.28. The van der Waals surface area contributed by atoms with E-state index < -0.39 is 6.29 Å². The molecule has 0 saturated carbocycles. The molecular formula is C9H9N3O2. The number of hydrogen-bond donors (Lipinski definition) is 2. The lowest BCUT2D eigenvalue weighted by molar-refractivity contribution is -0.0506. The molecule has 0 bridgehead atoms. The van der Waals surface area contributed by atoms with Gasteiger partial charge < -0.3 is 10.2 Å². The number of nitrogens with zero attached hydrogens (tertiary/aromatic N) is 3. The molecule has 5 heteroatoms. The molecular weight excluding hydrogens is 182 g/mol. The van der Waals surface area contributed by atoms with Gasteiger partial charge in [-0.2, -0.15) is 0 Å². The molecule has 0 aliphatic rings. The summed E-state index contributed by atoms with van der Waals surface area (Å²) in [6.45, 7) is 0. The van der Waals surface area contributed by atoms with Crippen LogP contribution < -0.4 is 0 Å². The molecule has 0 saturated heterocycles. The summed E-state index contributed by atoms with van der Waals surface area (Å²) in [5.41, 5.74) is 0.792. The zero-order valence-corrected chi connectivity index (χ0v) is 7.28. The van der Waals surface area contributed by atoms with Crippen molar-refractivity contribution in [1.82, 2.24) is 14.8 Å². The van der Waals surface area contributed by atoms with Crippen LogP contribution in [-0.4, -0.2) is 25.0 Å². The monoisotopic (exact) mass is 191 g/mol. The lowest BCUT2D eigenvalue weighted by Gasteiger charge is -2.06. The van der Waals surface area contributed by atoms with Crippen molar-refractivity contribution in [1.29, 1.82) is 0 Å². The Morgan fingerprint density at radius 1 is 1.14 bits per heavy atom. The van der Waals surface area contributed by atoms with E-state index in [2.05, 4.69) is 10.2 Å². The van der Waals surface area contributed by atoms with E-state index in [1.807, 2.05) is 30.3 Å². The maximum Gasteiger partial charge on any atom is 0.214 e. The van der Waals surface area contributed by atoms with E-state index in [-0.39, 0.29) is 5.82 Å². The first kappa shape index (κ1) is 8.86. The topological polar surface area (TPSA) is 71.2 Å². The number of hydrogen-bond acceptors (Lipinski definition) is 4. The molecule has 0 radical (unpaired) electrons. The van der Waals surface area contributed by atoms with Gasteiger partial charge in [0.25, 0.3) is 0 Å². The highest BCUT2D eigenvalue weighted by molar-refractivity contribution is 5.32. The largest absolute Gasteiger partial charge is 0.362 e. The van der Waals surface area contributed by atoms with Crippen LogP contribution in [0.2, 0.25) is 0 Å². The highest BCUT2D eigenvalue weighted by Crippen LogP contribution is 2.12. The highest BCUT2D eigenvalue weighted by Gasteiger charge is 2.12. The summed E-state index contributed by atoms with van der Waals surface area (Å²) in [5, 5.41) is 25.2. The van der Waals surface area contributed by atoms with Crippen molar-refractivity contribution >= 4 is 0 Å². The minimum Gasteiger partial charge on any atom is -0.362 e. The SMILES string of the molecule is OC(O)c1nncn1-c1ccccc1. The lowest BCUT2D eigenvalue weighted by Crippen LogP contribution is -2.05. The van der Waals surface area contributed by atoms with Gasteiger partial charge in [-0.1, -0.05) is 18.2 Å². The second-order valence-corrected chi connectivity index (χ2v) is 2.77. The van der Waals surface area contributed by atoms with Gasteiger partial charge in [0.05, 0.1) is 0 Å². The molecule has 0 fully saturated rings. The van der Waals surface area contributed by atoms with Gasteiger partial charge in [0.15, 0.2) is 5.82 Å². The quantitative estimate of drug-likeness (QED) is 0.667. The summed E-state index contributed by atoms with van der Waals surface area (Å²) in [6.07, 6.45) is -0.179. The summed E-state index contributed by atoms with van der Waals surface area (Å²) in [7, 11) is 0. The predicted molar refractivity (Wildman–Crippen MR) is 48.5 cm³/mol. The lowest BCUT2D eigenvalue weighted by atomic mass is 10.3. The molecule has 2 rings (SSSR count). The smallest absolute Gasteiger partial charge is 0.214 e. The summed E-state index contributed by atoms with van der Waals surface area (Å²) >= 11 is 0. The second-order valence-electron chi connectivity index (χ2n) is 2.77. The van der Waals surface area contributed by atoms with Gasteiger partial charge in [-0.25, -0.2) is 0 Å². The number of aliphatic hydroxyl groups is 2. The maximum atomic E-state index is 8.99. The summed E-state index contributed by atoms with van der Waals surface area (Å²) in [6, 6.07) is 9.24. The van der Waals surface area contributed by atoms with Crippen LogP contribution in [0.25, 0.3) is 5.69 Å². The Hall–Kier alpha value is -1.72. The van der Waals surface area contributed by atoms with E-state index in [1.54, 1.807) is 0 Å². The maximum absolute atomic E-state index is 8.99. The number of rotatable bonds is 2. The minimum absolute atomic E-state index is 0.108. The predicted octanol–water partition coefficient (Wildman–Crippen LogP) is 0.251. The Kier molecular flexibility index (Phi) is 2.26. The van der Waals surface area contributed by atoms with Crippen molar-refractivity contribution in [3.8, 4) is 5.69 Å².